The minimum absolute atomic E-state index is 0.0108. The van der Waals surface area contributed by atoms with Gasteiger partial charge < -0.3 is 20.2 Å². The Morgan fingerprint density at radius 2 is 1.64 bits per heavy atom. The number of nitrogens with one attached hydrogen (secondary N) is 1. The smallest absolute Gasteiger partial charge is 0.429 e. The van der Waals surface area contributed by atoms with Crippen LogP contribution in [-0.2, 0) is 16.1 Å². The molecule has 0 spiro atoms. The van der Waals surface area contributed by atoms with E-state index in [2.05, 4.69) is 16.6 Å². The molecule has 3 N–H and O–H groups in total. The number of para-hydroxylation sites is 1. The van der Waals surface area contributed by atoms with Gasteiger partial charge in [-0.15, -0.1) is 0 Å². The number of nitrogens with zero attached hydrogens (tertiary/aromatic N) is 3. The van der Waals surface area contributed by atoms with Crippen LogP contribution in [0.5, 0.6) is 0 Å². The molecule has 42 heavy (non-hydrogen) atoms. The molecule has 2 aliphatic heterocycles. The van der Waals surface area contributed by atoms with Gasteiger partial charge in [0.15, 0.2) is 5.76 Å². The third-order valence-electron chi connectivity index (χ3n) is 7.72. The fourth-order valence-corrected chi connectivity index (χ4v) is 5.46. The van der Waals surface area contributed by atoms with E-state index in [9.17, 15) is 14.4 Å². The number of hydrazine groups is 1. The first-order valence-corrected chi connectivity index (χ1v) is 14.6. The third kappa shape index (κ3) is 7.37. The monoisotopic (exact) mass is 572 g/mol. The number of ether oxygens (including phenoxy) is 1. The molecule has 1 aromatic heterocycles. The molecule has 1 radical (unpaired) electrons. The first-order valence-electron chi connectivity index (χ1n) is 14.6. The Morgan fingerprint density at radius 1 is 0.929 bits per heavy atom. The molecule has 5 rings (SSSR count). The largest absolute Gasteiger partial charge is 0.455 e. The summed E-state index contributed by atoms with van der Waals surface area (Å²) >= 11 is 0. The number of likely N-dealkylation sites (tertiary alicyclic amines) is 1. The maximum Gasteiger partial charge on any atom is 0.429 e. The molecule has 221 valence electrons. The Hall–Kier alpha value is -4.15. The number of furan rings is 1. The third-order valence-corrected chi connectivity index (χ3v) is 7.72. The average Bonchev–Trinajstić information content (AvgIpc) is 3.49. The van der Waals surface area contributed by atoms with E-state index in [4.69, 9.17) is 14.9 Å². The molecular formula is C32H38N5O5. The minimum atomic E-state index is -0.491. The van der Waals surface area contributed by atoms with Crippen molar-refractivity contribution >= 4 is 23.6 Å². The Morgan fingerprint density at radius 3 is 2.38 bits per heavy atom. The first kappa shape index (κ1) is 29.3. The van der Waals surface area contributed by atoms with Gasteiger partial charge >= 0.3 is 6.09 Å². The molecule has 2 saturated heterocycles. The predicted octanol–water partition coefficient (Wildman–Crippen LogP) is 4.23. The van der Waals surface area contributed by atoms with Crippen LogP contribution in [0.2, 0.25) is 0 Å². The normalized spacial score (nSPS) is 16.6. The number of hydrogen-bond acceptors (Lipinski definition) is 7. The number of piperidine rings is 2. The second kappa shape index (κ2) is 14.2. The lowest BCUT2D eigenvalue weighted by atomic mass is 9.96. The van der Waals surface area contributed by atoms with Crippen molar-refractivity contribution in [2.75, 3.05) is 44.3 Å². The van der Waals surface area contributed by atoms with Gasteiger partial charge in [-0.25, -0.2) is 14.8 Å². The molecule has 10 nitrogen and oxygen atoms in total. The summed E-state index contributed by atoms with van der Waals surface area (Å²) < 4.78 is 11.4. The standard InChI is InChI=1S/C32H38N5O5/c33-30(38)25-15-20-35(21-16-25)23-26-13-14-29(42-26)31(39)34-17-22-41-32(40)37(36-18-7-2-8-19-36)28-12-6-5-11-27(28)24-9-3-1-4-10-24/h1-6,9-14,25H,7-8,15-23H2,(H2,33,38)(H,34,39). The van der Waals surface area contributed by atoms with Crippen LogP contribution in [0.4, 0.5) is 10.5 Å². The van der Waals surface area contributed by atoms with Crippen molar-refractivity contribution in [2.24, 2.45) is 11.7 Å². The number of benzene rings is 2. The van der Waals surface area contributed by atoms with Crippen LogP contribution in [0.1, 0.15) is 42.0 Å². The average molecular weight is 573 g/mol. The van der Waals surface area contributed by atoms with Crippen LogP contribution in [-0.4, -0.2) is 67.1 Å². The van der Waals surface area contributed by atoms with E-state index in [1.807, 2.05) is 59.6 Å². The molecule has 3 aromatic rings. The van der Waals surface area contributed by atoms with E-state index in [0.717, 1.165) is 55.6 Å². The fraction of sp³-hybridized carbons (Fsp3) is 0.375. The molecule has 0 unspecified atom stereocenters. The van der Waals surface area contributed by atoms with Crippen molar-refractivity contribution in [1.82, 2.24) is 15.2 Å². The zero-order valence-corrected chi connectivity index (χ0v) is 23.7. The lowest BCUT2D eigenvalue weighted by Crippen LogP contribution is -2.50. The highest BCUT2D eigenvalue weighted by Crippen LogP contribution is 2.33. The van der Waals surface area contributed by atoms with Crippen LogP contribution in [0, 0.1) is 12.3 Å². The number of rotatable bonds is 10. The van der Waals surface area contributed by atoms with Crippen LogP contribution in [0.15, 0.2) is 71.1 Å². The Labute approximate surface area is 246 Å². The Kier molecular flexibility index (Phi) is 9.89. The minimum Gasteiger partial charge on any atom is -0.455 e. The highest BCUT2D eigenvalue weighted by molar-refractivity contribution is 5.93. The maximum atomic E-state index is 13.5. The van der Waals surface area contributed by atoms with Gasteiger partial charge in [0.2, 0.25) is 5.91 Å². The number of hydrogen-bond donors (Lipinski definition) is 2. The van der Waals surface area contributed by atoms with Crippen molar-refractivity contribution < 1.29 is 23.5 Å². The van der Waals surface area contributed by atoms with Gasteiger partial charge in [-0.2, -0.15) is 0 Å². The Bertz CT molecular complexity index is 1350. The van der Waals surface area contributed by atoms with E-state index in [0.29, 0.717) is 25.4 Å². The van der Waals surface area contributed by atoms with Crippen molar-refractivity contribution in [3.8, 4) is 11.1 Å². The zero-order chi connectivity index (χ0) is 29.3. The van der Waals surface area contributed by atoms with Crippen LogP contribution < -0.4 is 16.1 Å². The summed E-state index contributed by atoms with van der Waals surface area (Å²) in [6.45, 7) is 3.64. The molecule has 3 heterocycles. The quantitative estimate of drug-likeness (QED) is 0.349. The maximum absolute atomic E-state index is 13.5. The highest BCUT2D eigenvalue weighted by Gasteiger charge is 2.29. The topological polar surface area (TPSA) is 121 Å². The van der Waals surface area contributed by atoms with Gasteiger partial charge in [0.05, 0.1) is 18.8 Å². The second-order valence-electron chi connectivity index (χ2n) is 10.6. The van der Waals surface area contributed by atoms with E-state index in [1.165, 1.54) is 0 Å². The molecule has 0 saturated carbocycles. The number of anilines is 1. The van der Waals surface area contributed by atoms with Gasteiger partial charge in [-0.05, 0) is 69.0 Å². The SMILES string of the molecule is NC(=O)C1CCN(Cc2ccc(C(=O)NCCOC(=O)N(c3ccccc3-c3ccccc3)N3CC[CH]CC3)o2)CC1. The number of primary amides is 1. The number of nitrogens with two attached hydrogens (primary N) is 1. The van der Waals surface area contributed by atoms with Crippen LogP contribution in [0.25, 0.3) is 11.1 Å². The van der Waals surface area contributed by atoms with Gasteiger partial charge in [0, 0.05) is 24.6 Å². The van der Waals surface area contributed by atoms with Crippen LogP contribution >= 0.6 is 0 Å². The summed E-state index contributed by atoms with van der Waals surface area (Å²) in [5, 5.41) is 6.42. The van der Waals surface area contributed by atoms with E-state index in [1.54, 1.807) is 17.1 Å². The van der Waals surface area contributed by atoms with Gasteiger partial charge in [-0.3, -0.25) is 14.5 Å². The summed E-state index contributed by atoms with van der Waals surface area (Å²) in [7, 11) is 0. The molecule has 10 heteroatoms. The summed E-state index contributed by atoms with van der Waals surface area (Å²) in [5.41, 5.74) is 8.11. The van der Waals surface area contributed by atoms with Crippen molar-refractivity contribution in [1.29, 1.82) is 0 Å². The molecule has 0 atom stereocenters. The molecule has 0 bridgehead atoms. The highest BCUT2D eigenvalue weighted by atomic mass is 16.6. The van der Waals surface area contributed by atoms with Gasteiger partial charge in [-0.1, -0.05) is 48.5 Å². The summed E-state index contributed by atoms with van der Waals surface area (Å²) in [6.07, 6.45) is 4.95. The molecule has 3 amide bonds. The van der Waals surface area contributed by atoms with E-state index in [-0.39, 0.29) is 36.6 Å². The summed E-state index contributed by atoms with van der Waals surface area (Å²) in [5.74, 6) is 0.189. The number of carbonyl (C=O) groups is 3. The van der Waals surface area contributed by atoms with Crippen LogP contribution in [0.3, 0.4) is 0 Å². The lowest BCUT2D eigenvalue weighted by molar-refractivity contribution is -0.123. The van der Waals surface area contributed by atoms with Crippen molar-refractivity contribution in [3.05, 3.63) is 84.7 Å². The molecule has 0 aliphatic carbocycles. The first-order chi connectivity index (χ1) is 20.5. The molecular weight excluding hydrogens is 534 g/mol. The van der Waals surface area contributed by atoms with Crippen molar-refractivity contribution in [2.45, 2.75) is 32.2 Å². The number of carbonyl (C=O) groups excluding carboxylic acids is 3. The van der Waals surface area contributed by atoms with E-state index < -0.39 is 6.09 Å². The Balaban J connectivity index is 1.15. The van der Waals surface area contributed by atoms with E-state index >= 15 is 0 Å². The summed E-state index contributed by atoms with van der Waals surface area (Å²) in [6, 6.07) is 21.2. The zero-order valence-electron chi connectivity index (χ0n) is 23.7. The molecule has 2 aliphatic rings. The predicted molar refractivity (Wildman–Crippen MR) is 159 cm³/mol. The fourth-order valence-electron chi connectivity index (χ4n) is 5.46. The lowest BCUT2D eigenvalue weighted by Gasteiger charge is -2.37. The molecule has 2 fully saturated rings. The van der Waals surface area contributed by atoms with Gasteiger partial charge in [0.25, 0.3) is 5.91 Å². The van der Waals surface area contributed by atoms with Crippen molar-refractivity contribution in [3.63, 3.8) is 0 Å². The summed E-state index contributed by atoms with van der Waals surface area (Å²) in [4.78, 5) is 39.7. The second-order valence-corrected chi connectivity index (χ2v) is 10.6. The molecule has 2 aromatic carbocycles. The number of amides is 3. The van der Waals surface area contributed by atoms with Gasteiger partial charge in [0.1, 0.15) is 12.4 Å².